The van der Waals surface area contributed by atoms with Crippen LogP contribution in [0.2, 0.25) is 0 Å². The fraction of sp³-hybridized carbons (Fsp3) is 0.688. The van der Waals surface area contributed by atoms with E-state index < -0.39 is 11.6 Å². The lowest BCUT2D eigenvalue weighted by Crippen LogP contribution is -2.58. The molecule has 1 aliphatic rings. The first kappa shape index (κ1) is 20.4. The zero-order valence-corrected chi connectivity index (χ0v) is 15.4. The van der Waals surface area contributed by atoms with E-state index in [0.717, 1.165) is 19.5 Å². The zero-order chi connectivity index (χ0) is 16.9. The molecular weight excluding hydrogens is 330 g/mol. The monoisotopic (exact) mass is 357 g/mol. The third kappa shape index (κ3) is 4.48. The summed E-state index contributed by atoms with van der Waals surface area (Å²) in [7, 11) is 0. The molecule has 8 heteroatoms. The highest BCUT2D eigenvalue weighted by Crippen LogP contribution is 2.27. The standard InChI is InChI=1S/C16H27N5O2.ClH/c1-4-12(2)19-14(22)13(3)20-15(23)16(6-9-17-10-7-16)21-11-5-8-18-21;/h5,8,11-13,17H,4,6-7,9-10H2,1-3H3,(H,19,22)(H,20,23);1H. The summed E-state index contributed by atoms with van der Waals surface area (Å²) in [6.45, 7) is 7.18. The van der Waals surface area contributed by atoms with Crippen molar-refractivity contribution in [1.29, 1.82) is 0 Å². The predicted molar refractivity (Wildman–Crippen MR) is 95.1 cm³/mol. The minimum absolute atomic E-state index is 0. The first-order valence-electron chi connectivity index (χ1n) is 8.32. The minimum atomic E-state index is -0.723. The maximum absolute atomic E-state index is 12.9. The fourth-order valence-electron chi connectivity index (χ4n) is 2.79. The van der Waals surface area contributed by atoms with Crippen LogP contribution in [0.5, 0.6) is 0 Å². The van der Waals surface area contributed by atoms with Gasteiger partial charge in [-0.2, -0.15) is 5.10 Å². The number of piperidine rings is 1. The Labute approximate surface area is 149 Å². The van der Waals surface area contributed by atoms with Crippen LogP contribution >= 0.6 is 12.4 Å². The van der Waals surface area contributed by atoms with Crippen LogP contribution < -0.4 is 16.0 Å². The van der Waals surface area contributed by atoms with Crippen molar-refractivity contribution in [2.75, 3.05) is 13.1 Å². The molecular formula is C16H28ClN5O2. The molecule has 2 heterocycles. The number of halogens is 1. The molecule has 0 bridgehead atoms. The van der Waals surface area contributed by atoms with Crippen LogP contribution in [0.25, 0.3) is 0 Å². The third-order valence-corrected chi connectivity index (χ3v) is 4.54. The van der Waals surface area contributed by atoms with E-state index in [1.165, 1.54) is 0 Å². The number of carbonyl (C=O) groups excluding carboxylic acids is 2. The molecule has 0 radical (unpaired) electrons. The molecule has 2 rings (SSSR count). The van der Waals surface area contributed by atoms with Crippen LogP contribution in [0, 0.1) is 0 Å². The van der Waals surface area contributed by atoms with Gasteiger partial charge in [-0.05, 0) is 52.3 Å². The minimum Gasteiger partial charge on any atom is -0.352 e. The topological polar surface area (TPSA) is 88.1 Å². The maximum Gasteiger partial charge on any atom is 0.248 e. The summed E-state index contributed by atoms with van der Waals surface area (Å²) in [6, 6.07) is 1.34. The van der Waals surface area contributed by atoms with Gasteiger partial charge in [0.1, 0.15) is 11.6 Å². The van der Waals surface area contributed by atoms with E-state index >= 15 is 0 Å². The molecule has 24 heavy (non-hydrogen) atoms. The summed E-state index contributed by atoms with van der Waals surface area (Å²) in [5.74, 6) is -0.299. The van der Waals surface area contributed by atoms with Crippen LogP contribution in [0.4, 0.5) is 0 Å². The van der Waals surface area contributed by atoms with E-state index in [0.29, 0.717) is 12.8 Å². The quantitative estimate of drug-likeness (QED) is 0.702. The van der Waals surface area contributed by atoms with Gasteiger partial charge in [-0.3, -0.25) is 14.3 Å². The lowest BCUT2D eigenvalue weighted by atomic mass is 9.87. The number of amides is 2. The molecule has 7 nitrogen and oxygen atoms in total. The predicted octanol–water partition coefficient (Wildman–Crippen LogP) is 0.803. The van der Waals surface area contributed by atoms with Crippen LogP contribution in [-0.2, 0) is 15.1 Å². The van der Waals surface area contributed by atoms with E-state index in [1.54, 1.807) is 17.8 Å². The van der Waals surface area contributed by atoms with Crippen molar-refractivity contribution in [2.24, 2.45) is 0 Å². The second-order valence-electron chi connectivity index (χ2n) is 6.25. The van der Waals surface area contributed by atoms with Crippen LogP contribution in [0.15, 0.2) is 18.5 Å². The van der Waals surface area contributed by atoms with E-state index in [-0.39, 0.29) is 30.3 Å². The maximum atomic E-state index is 12.9. The molecule has 2 unspecified atom stereocenters. The highest BCUT2D eigenvalue weighted by molar-refractivity contribution is 5.91. The second-order valence-corrected chi connectivity index (χ2v) is 6.25. The van der Waals surface area contributed by atoms with Crippen molar-refractivity contribution in [3.8, 4) is 0 Å². The van der Waals surface area contributed by atoms with E-state index in [4.69, 9.17) is 0 Å². The summed E-state index contributed by atoms with van der Waals surface area (Å²) in [5, 5.41) is 13.3. The van der Waals surface area contributed by atoms with Crippen LogP contribution in [0.3, 0.4) is 0 Å². The number of nitrogens with zero attached hydrogens (tertiary/aromatic N) is 2. The first-order valence-corrected chi connectivity index (χ1v) is 8.32. The highest BCUT2D eigenvalue weighted by atomic mass is 35.5. The van der Waals surface area contributed by atoms with Crippen molar-refractivity contribution < 1.29 is 9.59 Å². The van der Waals surface area contributed by atoms with Gasteiger partial charge in [-0.25, -0.2) is 0 Å². The Bertz CT molecular complexity index is 529. The van der Waals surface area contributed by atoms with Gasteiger partial charge in [-0.1, -0.05) is 6.92 Å². The average molecular weight is 358 g/mol. The average Bonchev–Trinajstić information content (AvgIpc) is 3.10. The van der Waals surface area contributed by atoms with E-state index in [9.17, 15) is 9.59 Å². The van der Waals surface area contributed by atoms with Crippen molar-refractivity contribution in [1.82, 2.24) is 25.7 Å². The first-order chi connectivity index (χ1) is 11.0. The Kier molecular flexibility index (Phi) is 7.69. The molecule has 1 aromatic rings. The fourth-order valence-corrected chi connectivity index (χ4v) is 2.79. The molecule has 2 amide bonds. The molecule has 3 N–H and O–H groups in total. The summed E-state index contributed by atoms with van der Waals surface area (Å²) < 4.78 is 1.72. The number of carbonyl (C=O) groups is 2. The number of hydrogen-bond acceptors (Lipinski definition) is 4. The lowest BCUT2D eigenvalue weighted by molar-refractivity contribution is -0.136. The zero-order valence-electron chi connectivity index (χ0n) is 14.5. The van der Waals surface area contributed by atoms with Gasteiger partial charge in [0, 0.05) is 18.4 Å². The van der Waals surface area contributed by atoms with Gasteiger partial charge < -0.3 is 16.0 Å². The third-order valence-electron chi connectivity index (χ3n) is 4.54. The van der Waals surface area contributed by atoms with Crippen molar-refractivity contribution in [2.45, 2.75) is 57.7 Å². The Morgan fingerprint density at radius 3 is 2.50 bits per heavy atom. The largest absolute Gasteiger partial charge is 0.352 e. The van der Waals surface area contributed by atoms with Gasteiger partial charge in [0.15, 0.2) is 0 Å². The second kappa shape index (κ2) is 9.03. The molecule has 2 atom stereocenters. The van der Waals surface area contributed by atoms with Crippen molar-refractivity contribution in [3.05, 3.63) is 18.5 Å². The Hall–Kier alpha value is -1.60. The number of nitrogens with one attached hydrogen (secondary N) is 3. The summed E-state index contributed by atoms with van der Waals surface area (Å²) in [4.78, 5) is 25.1. The molecule has 1 fully saturated rings. The normalized spacial score (nSPS) is 18.8. The molecule has 1 saturated heterocycles. The lowest BCUT2D eigenvalue weighted by Gasteiger charge is -2.37. The number of rotatable bonds is 6. The van der Waals surface area contributed by atoms with Gasteiger partial charge in [-0.15, -0.1) is 12.4 Å². The molecule has 136 valence electrons. The Morgan fingerprint density at radius 2 is 1.96 bits per heavy atom. The Balaban J connectivity index is 0.00000288. The smallest absolute Gasteiger partial charge is 0.248 e. The molecule has 1 aromatic heterocycles. The van der Waals surface area contributed by atoms with Crippen LogP contribution in [-0.4, -0.2) is 46.8 Å². The van der Waals surface area contributed by atoms with Crippen molar-refractivity contribution in [3.63, 3.8) is 0 Å². The number of aromatic nitrogens is 2. The molecule has 1 aliphatic heterocycles. The summed E-state index contributed by atoms with van der Waals surface area (Å²) in [5.41, 5.74) is -0.723. The van der Waals surface area contributed by atoms with Gasteiger partial charge in [0.05, 0.1) is 0 Å². The van der Waals surface area contributed by atoms with Gasteiger partial charge in [0.25, 0.3) is 0 Å². The van der Waals surface area contributed by atoms with Gasteiger partial charge in [0.2, 0.25) is 11.8 Å². The van der Waals surface area contributed by atoms with Crippen molar-refractivity contribution >= 4 is 24.2 Å². The summed E-state index contributed by atoms with van der Waals surface area (Å²) in [6.07, 6.45) is 5.65. The Morgan fingerprint density at radius 1 is 1.29 bits per heavy atom. The summed E-state index contributed by atoms with van der Waals surface area (Å²) >= 11 is 0. The van der Waals surface area contributed by atoms with Crippen LogP contribution in [0.1, 0.15) is 40.0 Å². The van der Waals surface area contributed by atoms with E-state index in [2.05, 4.69) is 21.0 Å². The molecule has 0 saturated carbocycles. The SMILES string of the molecule is CCC(C)NC(=O)C(C)NC(=O)C1(n2cccn2)CCNCC1.Cl. The van der Waals surface area contributed by atoms with Gasteiger partial charge >= 0.3 is 0 Å². The van der Waals surface area contributed by atoms with E-state index in [1.807, 2.05) is 26.1 Å². The highest BCUT2D eigenvalue weighted by Gasteiger charge is 2.42. The molecule has 0 spiro atoms. The number of hydrogen-bond donors (Lipinski definition) is 3. The molecule has 0 aromatic carbocycles. The molecule has 0 aliphatic carbocycles.